The van der Waals surface area contributed by atoms with Crippen LogP contribution in [0.3, 0.4) is 0 Å². The highest BCUT2D eigenvalue weighted by Crippen LogP contribution is 2.25. The SMILES string of the molecule is CCOC(CCc1cc(F)c(F)c(F)c1F)(O[SiH3])OCC. The van der Waals surface area contributed by atoms with Gasteiger partial charge in [-0.15, -0.1) is 0 Å². The van der Waals surface area contributed by atoms with Crippen molar-refractivity contribution < 1.29 is 31.5 Å². The molecule has 0 amide bonds. The quantitative estimate of drug-likeness (QED) is 0.241. The Labute approximate surface area is 123 Å². The Bertz CT molecular complexity index is 479. The van der Waals surface area contributed by atoms with E-state index in [1.807, 2.05) is 0 Å². The van der Waals surface area contributed by atoms with Gasteiger partial charge in [-0.1, -0.05) is 0 Å². The van der Waals surface area contributed by atoms with E-state index in [0.717, 1.165) is 0 Å². The third kappa shape index (κ3) is 4.25. The van der Waals surface area contributed by atoms with Crippen LogP contribution in [0.15, 0.2) is 6.07 Å². The topological polar surface area (TPSA) is 27.7 Å². The van der Waals surface area contributed by atoms with Crippen LogP contribution in [0.2, 0.25) is 0 Å². The summed E-state index contributed by atoms with van der Waals surface area (Å²) in [5, 5.41) is 0. The molecule has 8 heteroatoms. The summed E-state index contributed by atoms with van der Waals surface area (Å²) in [4.78, 5) is 0. The Kier molecular flexibility index (Phi) is 6.79. The second kappa shape index (κ2) is 7.88. The molecule has 3 nitrogen and oxygen atoms in total. The molecule has 21 heavy (non-hydrogen) atoms. The van der Waals surface area contributed by atoms with Crippen molar-refractivity contribution in [2.75, 3.05) is 13.2 Å². The zero-order chi connectivity index (χ0) is 16.0. The molecule has 1 aromatic rings. The van der Waals surface area contributed by atoms with Gasteiger partial charge in [0.2, 0.25) is 0 Å². The summed E-state index contributed by atoms with van der Waals surface area (Å²) >= 11 is 0. The van der Waals surface area contributed by atoms with Crippen LogP contribution in [-0.2, 0) is 20.3 Å². The fourth-order valence-electron chi connectivity index (χ4n) is 1.94. The molecule has 0 saturated heterocycles. The molecule has 0 atom stereocenters. The molecular formula is C13H18F4O3Si. The van der Waals surface area contributed by atoms with Gasteiger partial charge in [-0.2, -0.15) is 0 Å². The van der Waals surface area contributed by atoms with Crippen LogP contribution >= 0.6 is 0 Å². The molecule has 0 bridgehead atoms. The van der Waals surface area contributed by atoms with E-state index < -0.39 is 29.2 Å². The number of aryl methyl sites for hydroxylation is 1. The maximum atomic E-state index is 13.6. The van der Waals surface area contributed by atoms with Gasteiger partial charge in [0.25, 0.3) is 5.97 Å². The molecule has 0 radical (unpaired) electrons. The molecular weight excluding hydrogens is 308 g/mol. The predicted octanol–water partition coefficient (Wildman–Crippen LogP) is 2.20. The first kappa shape index (κ1) is 18.1. The summed E-state index contributed by atoms with van der Waals surface area (Å²) in [6.45, 7) is 4.03. The van der Waals surface area contributed by atoms with Gasteiger partial charge in [-0.05, 0) is 31.9 Å². The van der Waals surface area contributed by atoms with Crippen molar-refractivity contribution in [3.63, 3.8) is 0 Å². The standard InChI is InChI=1S/C13H18F4O3Si/c1-3-18-13(20-21,19-4-2)6-5-8-7-9(14)11(16)12(17)10(8)15/h7H,3-6H2,1-2,21H3. The summed E-state index contributed by atoms with van der Waals surface area (Å²) in [6, 6.07) is 0.628. The smallest absolute Gasteiger partial charge is 0.272 e. The van der Waals surface area contributed by atoms with Crippen LogP contribution in [0, 0.1) is 23.3 Å². The minimum absolute atomic E-state index is 0.0274. The van der Waals surface area contributed by atoms with Crippen molar-refractivity contribution in [3.05, 3.63) is 34.9 Å². The molecule has 0 N–H and O–H groups in total. The lowest BCUT2D eigenvalue weighted by Gasteiger charge is -2.32. The fourth-order valence-corrected chi connectivity index (χ4v) is 2.38. The maximum Gasteiger partial charge on any atom is 0.272 e. The Morgan fingerprint density at radius 2 is 1.57 bits per heavy atom. The zero-order valence-corrected chi connectivity index (χ0v) is 14.1. The molecule has 120 valence electrons. The molecule has 1 rings (SSSR count). The maximum absolute atomic E-state index is 13.6. The Morgan fingerprint density at radius 1 is 1.00 bits per heavy atom. The highest BCUT2D eigenvalue weighted by molar-refractivity contribution is 5.98. The summed E-state index contributed by atoms with van der Waals surface area (Å²) in [6.07, 6.45) is -0.0954. The fraction of sp³-hybridized carbons (Fsp3) is 0.538. The van der Waals surface area contributed by atoms with Gasteiger partial charge < -0.3 is 13.9 Å². The van der Waals surface area contributed by atoms with Crippen LogP contribution in [0.25, 0.3) is 0 Å². The molecule has 0 aromatic heterocycles. The first-order valence-electron chi connectivity index (χ1n) is 6.55. The lowest BCUT2D eigenvalue weighted by Crippen LogP contribution is -2.39. The molecule has 0 heterocycles. The van der Waals surface area contributed by atoms with Crippen molar-refractivity contribution in [1.82, 2.24) is 0 Å². The van der Waals surface area contributed by atoms with Crippen LogP contribution in [0.1, 0.15) is 25.8 Å². The molecule has 0 spiro atoms. The number of rotatable bonds is 8. The normalized spacial score (nSPS) is 12.1. The number of hydrogen-bond donors (Lipinski definition) is 0. The van der Waals surface area contributed by atoms with Crippen molar-refractivity contribution in [2.45, 2.75) is 32.7 Å². The monoisotopic (exact) mass is 326 g/mol. The number of hydrogen-bond acceptors (Lipinski definition) is 3. The van der Waals surface area contributed by atoms with Gasteiger partial charge in [-0.25, -0.2) is 17.6 Å². The van der Waals surface area contributed by atoms with E-state index in [2.05, 4.69) is 0 Å². The van der Waals surface area contributed by atoms with E-state index in [0.29, 0.717) is 16.6 Å². The van der Waals surface area contributed by atoms with Gasteiger partial charge in [0.15, 0.2) is 33.8 Å². The minimum Gasteiger partial charge on any atom is -0.380 e. The molecule has 0 fully saturated rings. The average Bonchev–Trinajstić information content (AvgIpc) is 2.47. The Balaban J connectivity index is 2.95. The van der Waals surface area contributed by atoms with E-state index in [1.54, 1.807) is 13.8 Å². The van der Waals surface area contributed by atoms with Crippen molar-refractivity contribution >= 4 is 10.5 Å². The summed E-state index contributed by atoms with van der Waals surface area (Å²) < 4.78 is 68.8. The summed E-state index contributed by atoms with van der Waals surface area (Å²) in [7, 11) is 0.293. The molecule has 0 aliphatic carbocycles. The molecule has 0 aliphatic rings. The Hall–Kier alpha value is -0.963. The average molecular weight is 326 g/mol. The lowest BCUT2D eigenvalue weighted by atomic mass is 10.1. The van der Waals surface area contributed by atoms with Crippen molar-refractivity contribution in [3.8, 4) is 0 Å². The van der Waals surface area contributed by atoms with Gasteiger partial charge in [-0.3, -0.25) is 0 Å². The highest BCUT2D eigenvalue weighted by Gasteiger charge is 2.31. The second-order valence-corrected chi connectivity index (χ2v) is 4.62. The van der Waals surface area contributed by atoms with Gasteiger partial charge >= 0.3 is 0 Å². The summed E-state index contributed by atoms with van der Waals surface area (Å²) in [5.41, 5.74) is -0.297. The first-order chi connectivity index (χ1) is 9.90. The summed E-state index contributed by atoms with van der Waals surface area (Å²) in [5.74, 6) is -7.87. The van der Waals surface area contributed by atoms with Crippen LogP contribution in [-0.4, -0.2) is 29.7 Å². The van der Waals surface area contributed by atoms with Crippen LogP contribution in [0.5, 0.6) is 0 Å². The van der Waals surface area contributed by atoms with Gasteiger partial charge in [0.1, 0.15) is 0 Å². The minimum atomic E-state index is -1.82. The van der Waals surface area contributed by atoms with E-state index in [9.17, 15) is 17.6 Å². The third-order valence-electron chi connectivity index (χ3n) is 2.92. The second-order valence-electron chi connectivity index (χ2n) is 4.21. The molecule has 0 aliphatic heterocycles. The van der Waals surface area contributed by atoms with Crippen LogP contribution in [0.4, 0.5) is 17.6 Å². The highest BCUT2D eigenvalue weighted by atomic mass is 28.2. The Morgan fingerprint density at radius 3 is 2.05 bits per heavy atom. The number of benzene rings is 1. The predicted molar refractivity (Wildman–Crippen MR) is 71.6 cm³/mol. The van der Waals surface area contributed by atoms with Crippen LogP contribution < -0.4 is 0 Å². The van der Waals surface area contributed by atoms with E-state index in [1.165, 1.54) is 0 Å². The molecule has 0 saturated carbocycles. The number of halogens is 4. The van der Waals surface area contributed by atoms with E-state index in [4.69, 9.17) is 13.9 Å². The van der Waals surface area contributed by atoms with Gasteiger partial charge in [0.05, 0.1) is 0 Å². The third-order valence-corrected chi connectivity index (χ3v) is 3.54. The molecule has 0 unspecified atom stereocenters. The van der Waals surface area contributed by atoms with Crippen molar-refractivity contribution in [2.24, 2.45) is 0 Å². The largest absolute Gasteiger partial charge is 0.380 e. The van der Waals surface area contributed by atoms with E-state index in [-0.39, 0.29) is 31.6 Å². The number of ether oxygens (including phenoxy) is 2. The van der Waals surface area contributed by atoms with E-state index >= 15 is 0 Å². The van der Waals surface area contributed by atoms with Gasteiger partial charge in [0, 0.05) is 19.6 Å². The lowest BCUT2D eigenvalue weighted by molar-refractivity contribution is -0.343. The molecule has 1 aromatic carbocycles. The first-order valence-corrected chi connectivity index (χ1v) is 7.37. The zero-order valence-electron chi connectivity index (χ0n) is 12.1. The van der Waals surface area contributed by atoms with Crippen molar-refractivity contribution in [1.29, 1.82) is 0 Å².